The van der Waals surface area contributed by atoms with Crippen molar-refractivity contribution < 1.29 is 17.9 Å². The van der Waals surface area contributed by atoms with Gasteiger partial charge in [-0.3, -0.25) is 0 Å². The van der Waals surface area contributed by atoms with E-state index >= 15 is 0 Å². The maximum Gasteiger partial charge on any atom is 0.166 e. The van der Waals surface area contributed by atoms with E-state index in [0.717, 1.165) is 0 Å². The van der Waals surface area contributed by atoms with Crippen molar-refractivity contribution in [3.05, 3.63) is 121 Å². The number of allylic oxidation sites excluding steroid dienone is 12. The fourth-order valence-corrected chi connectivity index (χ4v) is 2.39. The highest BCUT2D eigenvalue weighted by Crippen LogP contribution is 2.29. The lowest BCUT2D eigenvalue weighted by Gasteiger charge is -2.15. The van der Waals surface area contributed by atoms with Crippen molar-refractivity contribution in [1.29, 1.82) is 0 Å². The Balaban J connectivity index is 5.14. The van der Waals surface area contributed by atoms with E-state index < -0.39 is 17.5 Å². The average molecular weight is 459 g/mol. The lowest BCUT2D eigenvalue weighted by Crippen LogP contribution is -2.12. The van der Waals surface area contributed by atoms with Crippen LogP contribution in [0.5, 0.6) is 0 Å². The zero-order valence-corrected chi connectivity index (χ0v) is 20.3. The Hall–Kier alpha value is -2.85. The minimum Gasteiger partial charge on any atom is -0.378 e. The quantitative estimate of drug-likeness (QED) is 0.127. The maximum absolute atomic E-state index is 14.6. The van der Waals surface area contributed by atoms with Gasteiger partial charge in [-0.25, -0.2) is 13.2 Å². The van der Waals surface area contributed by atoms with Crippen LogP contribution >= 0.6 is 0 Å². The van der Waals surface area contributed by atoms with Crippen LogP contribution in [0.25, 0.3) is 0 Å². The summed E-state index contributed by atoms with van der Waals surface area (Å²) in [6.07, 6.45) is 7.46. The molecule has 0 N–H and O–H groups in total. The minimum absolute atomic E-state index is 0.0422. The second-order valence-electron chi connectivity index (χ2n) is 8.10. The summed E-state index contributed by atoms with van der Waals surface area (Å²) < 4.78 is 48.8. The van der Waals surface area contributed by atoms with E-state index in [-0.39, 0.29) is 39.9 Å². The van der Waals surface area contributed by atoms with E-state index in [4.69, 9.17) is 4.74 Å². The summed E-state index contributed by atoms with van der Waals surface area (Å²) in [6, 6.07) is 0. The molecule has 1 unspecified atom stereocenters. The summed E-state index contributed by atoms with van der Waals surface area (Å²) in [7, 11) is 0. The van der Waals surface area contributed by atoms with Crippen LogP contribution in [-0.2, 0) is 4.74 Å². The highest BCUT2D eigenvalue weighted by Gasteiger charge is 2.15. The zero-order valence-electron chi connectivity index (χ0n) is 20.3. The van der Waals surface area contributed by atoms with E-state index in [2.05, 4.69) is 46.1 Å². The first-order valence-electron chi connectivity index (χ1n) is 10.8. The molecule has 0 bridgehead atoms. The second kappa shape index (κ2) is 15.1. The number of ether oxygens (including phenoxy) is 1. The summed E-state index contributed by atoms with van der Waals surface area (Å²) in [6.45, 7) is 31.9. The smallest absolute Gasteiger partial charge is 0.166 e. The van der Waals surface area contributed by atoms with Crippen LogP contribution < -0.4 is 0 Å². The van der Waals surface area contributed by atoms with E-state index in [1.165, 1.54) is 18.2 Å². The van der Waals surface area contributed by atoms with Gasteiger partial charge in [-0.2, -0.15) is 0 Å². The van der Waals surface area contributed by atoms with Gasteiger partial charge in [0, 0.05) is 17.1 Å². The molecule has 1 atom stereocenters. The highest BCUT2D eigenvalue weighted by molar-refractivity contribution is 5.53. The van der Waals surface area contributed by atoms with Crippen molar-refractivity contribution in [2.45, 2.75) is 46.1 Å². The van der Waals surface area contributed by atoms with Gasteiger partial charge in [0.15, 0.2) is 11.7 Å². The van der Waals surface area contributed by atoms with Crippen molar-refractivity contribution in [2.24, 2.45) is 5.92 Å². The molecule has 0 saturated heterocycles. The molecule has 0 aromatic carbocycles. The van der Waals surface area contributed by atoms with Crippen LogP contribution in [0.15, 0.2) is 121 Å². The predicted octanol–water partition coefficient (Wildman–Crippen LogP) is 9.30. The number of hydrogen-bond acceptors (Lipinski definition) is 1. The zero-order chi connectivity index (χ0) is 25.7. The highest BCUT2D eigenvalue weighted by atomic mass is 19.2. The van der Waals surface area contributed by atoms with Crippen molar-refractivity contribution in [1.82, 2.24) is 0 Å². The second-order valence-corrected chi connectivity index (χ2v) is 8.10. The van der Waals surface area contributed by atoms with Crippen LogP contribution in [0.3, 0.4) is 0 Å². The molecular weight excluding hydrogens is 421 g/mol. The van der Waals surface area contributed by atoms with Gasteiger partial charge in [0.2, 0.25) is 0 Å². The van der Waals surface area contributed by atoms with Crippen molar-refractivity contribution in [3.8, 4) is 0 Å². The van der Waals surface area contributed by atoms with Crippen molar-refractivity contribution in [2.75, 3.05) is 6.61 Å². The lowest BCUT2D eigenvalue weighted by atomic mass is 9.99. The topological polar surface area (TPSA) is 9.23 Å². The van der Waals surface area contributed by atoms with Crippen molar-refractivity contribution >= 4 is 0 Å². The first kappa shape index (κ1) is 30.2. The molecular formula is C29H37F3O. The molecule has 0 aliphatic rings. The fraction of sp³-hybridized carbons (Fsp3) is 0.310. The fourth-order valence-electron chi connectivity index (χ4n) is 2.39. The molecule has 0 aliphatic carbocycles. The SMILES string of the molecule is C=CCCCC(=C)/C(F)=C(/F)C(=C)C(=C)/C=C\C(=C)C(=C)/C(F)=C\C(=C)C(C)COC(C)C. The third kappa shape index (κ3) is 11.0. The van der Waals surface area contributed by atoms with E-state index in [0.29, 0.717) is 31.4 Å². The molecule has 0 spiro atoms. The Morgan fingerprint density at radius 1 is 0.848 bits per heavy atom. The third-order valence-electron chi connectivity index (χ3n) is 4.83. The first-order valence-corrected chi connectivity index (χ1v) is 10.8. The van der Waals surface area contributed by atoms with Crippen molar-refractivity contribution in [3.63, 3.8) is 0 Å². The summed E-state index contributed by atoms with van der Waals surface area (Å²) in [5.41, 5.74) is 0.778. The maximum atomic E-state index is 14.6. The Morgan fingerprint density at radius 3 is 1.91 bits per heavy atom. The van der Waals surface area contributed by atoms with Crippen LogP contribution in [0, 0.1) is 5.92 Å². The number of unbranched alkanes of at least 4 members (excludes halogenated alkanes) is 1. The molecule has 4 heteroatoms. The summed E-state index contributed by atoms with van der Waals surface area (Å²) in [4.78, 5) is 0. The molecule has 0 fully saturated rings. The molecule has 0 saturated carbocycles. The largest absolute Gasteiger partial charge is 0.378 e. The minimum atomic E-state index is -1.13. The van der Waals surface area contributed by atoms with Crippen LogP contribution in [0.4, 0.5) is 13.2 Å². The van der Waals surface area contributed by atoms with Gasteiger partial charge in [0.05, 0.1) is 12.7 Å². The van der Waals surface area contributed by atoms with Gasteiger partial charge in [0.25, 0.3) is 0 Å². The van der Waals surface area contributed by atoms with Gasteiger partial charge < -0.3 is 4.74 Å². The van der Waals surface area contributed by atoms with Crippen LogP contribution in [-0.4, -0.2) is 12.7 Å². The van der Waals surface area contributed by atoms with E-state index in [1.807, 2.05) is 20.8 Å². The van der Waals surface area contributed by atoms with Crippen LogP contribution in [0.2, 0.25) is 0 Å². The van der Waals surface area contributed by atoms with Gasteiger partial charge in [-0.15, -0.1) is 6.58 Å². The normalized spacial score (nSPS) is 13.5. The monoisotopic (exact) mass is 458 g/mol. The number of hydrogen-bond donors (Lipinski definition) is 0. The Labute approximate surface area is 198 Å². The lowest BCUT2D eigenvalue weighted by molar-refractivity contribution is 0.0633. The van der Waals surface area contributed by atoms with Gasteiger partial charge >= 0.3 is 0 Å². The summed E-state index contributed by atoms with van der Waals surface area (Å²) in [5.74, 6) is -2.85. The number of halogens is 3. The molecule has 0 aromatic rings. The molecule has 0 aliphatic heterocycles. The molecule has 180 valence electrons. The Kier molecular flexibility index (Phi) is 13.8. The molecule has 0 rings (SSSR count). The Bertz CT molecular complexity index is 894. The molecule has 0 aromatic heterocycles. The third-order valence-corrected chi connectivity index (χ3v) is 4.83. The predicted molar refractivity (Wildman–Crippen MR) is 137 cm³/mol. The van der Waals surface area contributed by atoms with Gasteiger partial charge in [0.1, 0.15) is 5.83 Å². The van der Waals surface area contributed by atoms with Gasteiger partial charge in [-0.1, -0.05) is 64.6 Å². The van der Waals surface area contributed by atoms with Gasteiger partial charge in [-0.05, 0) is 61.5 Å². The standard InChI is InChI=1S/C29H37F3O/c1-11-12-13-14-22(6)28(31)29(32)26(10)21(5)16-15-20(4)25(9)27(30)17-23(7)24(8)18-33-19(2)3/h11,15-17,19,24H,1,4-7,9-10,12-14,18H2,2-3,8H3/b16-15-,27-17+,29-28-. The van der Waals surface area contributed by atoms with E-state index in [1.54, 1.807) is 6.08 Å². The first-order chi connectivity index (χ1) is 15.3. The molecule has 0 heterocycles. The molecule has 0 amide bonds. The number of rotatable bonds is 16. The molecule has 0 radical (unpaired) electrons. The van der Waals surface area contributed by atoms with E-state index in [9.17, 15) is 13.2 Å². The average Bonchev–Trinajstić information content (AvgIpc) is 2.78. The summed E-state index contributed by atoms with van der Waals surface area (Å²) in [5, 5.41) is 0. The molecule has 1 nitrogen and oxygen atoms in total. The Morgan fingerprint density at radius 2 is 1.39 bits per heavy atom. The molecule has 33 heavy (non-hydrogen) atoms. The summed E-state index contributed by atoms with van der Waals surface area (Å²) >= 11 is 0. The van der Waals surface area contributed by atoms with Crippen LogP contribution in [0.1, 0.15) is 40.0 Å².